The number of hydrogen-bond acceptors (Lipinski definition) is 4. The highest BCUT2D eigenvalue weighted by Crippen LogP contribution is 2.31. The first-order valence-electron chi connectivity index (χ1n) is 8.34. The van der Waals surface area contributed by atoms with Gasteiger partial charge in [-0.2, -0.15) is 0 Å². The molecule has 3 rings (SSSR count). The molecule has 0 fully saturated rings. The lowest BCUT2D eigenvalue weighted by Gasteiger charge is -2.11. The number of ether oxygens (including phenoxy) is 2. The molecule has 27 heavy (non-hydrogen) atoms. The number of carbonyl (C=O) groups is 1. The van der Waals surface area contributed by atoms with Crippen molar-refractivity contribution in [1.29, 1.82) is 0 Å². The van der Waals surface area contributed by atoms with E-state index in [1.807, 2.05) is 6.07 Å². The quantitative estimate of drug-likeness (QED) is 0.628. The number of H-pyrrole nitrogens is 1. The normalized spacial score (nSPS) is 10.6. The van der Waals surface area contributed by atoms with Crippen molar-refractivity contribution in [1.82, 2.24) is 10.3 Å². The largest absolute Gasteiger partial charge is 0.496 e. The predicted molar refractivity (Wildman–Crippen MR) is 108 cm³/mol. The second-order valence-electron chi connectivity index (χ2n) is 5.90. The maximum absolute atomic E-state index is 12.4. The molecule has 0 aliphatic carbocycles. The third-order valence-corrected chi connectivity index (χ3v) is 4.72. The number of pyridine rings is 1. The Bertz CT molecular complexity index is 1050. The van der Waals surface area contributed by atoms with Crippen LogP contribution in [-0.4, -0.2) is 31.7 Å². The summed E-state index contributed by atoms with van der Waals surface area (Å²) in [6.45, 7) is 0.340. The van der Waals surface area contributed by atoms with E-state index in [0.717, 1.165) is 9.86 Å². The number of rotatable bonds is 6. The summed E-state index contributed by atoms with van der Waals surface area (Å²) < 4.78 is 11.5. The van der Waals surface area contributed by atoms with Crippen LogP contribution >= 0.6 is 15.9 Å². The number of benzene rings is 2. The minimum atomic E-state index is -0.217. The number of amides is 1. The minimum Gasteiger partial charge on any atom is -0.496 e. The molecule has 2 aromatic carbocycles. The van der Waals surface area contributed by atoms with Gasteiger partial charge in [0.25, 0.3) is 11.5 Å². The van der Waals surface area contributed by atoms with Crippen LogP contribution in [0.3, 0.4) is 0 Å². The van der Waals surface area contributed by atoms with Gasteiger partial charge in [0.15, 0.2) is 0 Å². The van der Waals surface area contributed by atoms with Crippen LogP contribution in [0.5, 0.6) is 11.5 Å². The van der Waals surface area contributed by atoms with E-state index in [1.165, 1.54) is 0 Å². The van der Waals surface area contributed by atoms with Gasteiger partial charge in [-0.3, -0.25) is 9.59 Å². The SMILES string of the molecule is COc1ccc(OC)c2[nH]c(=O)c(CCNC(=O)c3cccc(Br)c3)cc12. The van der Waals surface area contributed by atoms with Crippen molar-refractivity contribution >= 4 is 32.7 Å². The van der Waals surface area contributed by atoms with Crippen molar-refractivity contribution in [2.24, 2.45) is 0 Å². The molecule has 0 spiro atoms. The van der Waals surface area contributed by atoms with Crippen LogP contribution < -0.4 is 20.3 Å². The average Bonchev–Trinajstić information content (AvgIpc) is 2.67. The standard InChI is InChI=1S/C20H19BrN2O4/c1-26-16-6-7-17(27-2)18-15(16)11-13(20(25)23-18)8-9-22-19(24)12-4-3-5-14(21)10-12/h3-7,10-11H,8-9H2,1-2H3,(H,22,24)(H,23,25). The summed E-state index contributed by atoms with van der Waals surface area (Å²) in [4.78, 5) is 27.5. The van der Waals surface area contributed by atoms with Crippen molar-refractivity contribution in [2.75, 3.05) is 20.8 Å². The molecule has 7 heteroatoms. The Hall–Kier alpha value is -2.80. The van der Waals surface area contributed by atoms with Crippen LogP contribution in [0.4, 0.5) is 0 Å². The first-order valence-corrected chi connectivity index (χ1v) is 9.13. The van der Waals surface area contributed by atoms with E-state index in [9.17, 15) is 9.59 Å². The first kappa shape index (κ1) is 19.0. The summed E-state index contributed by atoms with van der Waals surface area (Å²) in [6.07, 6.45) is 0.394. The van der Waals surface area contributed by atoms with Gasteiger partial charge in [-0.1, -0.05) is 22.0 Å². The highest BCUT2D eigenvalue weighted by molar-refractivity contribution is 9.10. The zero-order valence-corrected chi connectivity index (χ0v) is 16.6. The number of nitrogens with one attached hydrogen (secondary N) is 2. The van der Waals surface area contributed by atoms with Crippen molar-refractivity contribution in [3.05, 3.63) is 68.4 Å². The minimum absolute atomic E-state index is 0.187. The summed E-state index contributed by atoms with van der Waals surface area (Å²) in [5, 5.41) is 3.59. The van der Waals surface area contributed by atoms with Gasteiger partial charge in [0.1, 0.15) is 11.5 Å². The Morgan fingerprint density at radius 2 is 1.85 bits per heavy atom. The highest BCUT2D eigenvalue weighted by atomic mass is 79.9. The van der Waals surface area contributed by atoms with E-state index in [4.69, 9.17) is 9.47 Å². The number of hydrogen-bond donors (Lipinski definition) is 2. The van der Waals surface area contributed by atoms with Gasteiger partial charge in [-0.15, -0.1) is 0 Å². The molecular weight excluding hydrogens is 412 g/mol. The molecule has 6 nitrogen and oxygen atoms in total. The molecule has 0 saturated heterocycles. The van der Waals surface area contributed by atoms with E-state index in [-0.39, 0.29) is 11.5 Å². The molecule has 3 aromatic rings. The molecule has 0 unspecified atom stereocenters. The molecule has 140 valence electrons. The molecule has 2 N–H and O–H groups in total. The molecule has 1 heterocycles. The third kappa shape index (κ3) is 4.14. The Morgan fingerprint density at radius 3 is 2.56 bits per heavy atom. The van der Waals surface area contributed by atoms with Crippen LogP contribution in [0, 0.1) is 0 Å². The second-order valence-corrected chi connectivity index (χ2v) is 6.81. The zero-order chi connectivity index (χ0) is 19.4. The van der Waals surface area contributed by atoms with Crippen molar-refractivity contribution in [3.8, 4) is 11.5 Å². The van der Waals surface area contributed by atoms with E-state index in [2.05, 4.69) is 26.2 Å². The lowest BCUT2D eigenvalue weighted by atomic mass is 10.1. The van der Waals surface area contributed by atoms with Crippen molar-refractivity contribution < 1.29 is 14.3 Å². The Labute approximate surface area is 164 Å². The number of aromatic amines is 1. The zero-order valence-electron chi connectivity index (χ0n) is 15.0. The van der Waals surface area contributed by atoms with Gasteiger partial charge in [-0.25, -0.2) is 0 Å². The smallest absolute Gasteiger partial charge is 0.251 e. The van der Waals surface area contributed by atoms with Gasteiger partial charge in [0, 0.05) is 27.5 Å². The molecule has 0 aliphatic rings. The van der Waals surface area contributed by atoms with Gasteiger partial charge in [-0.05, 0) is 42.8 Å². The average molecular weight is 431 g/mol. The summed E-state index contributed by atoms with van der Waals surface area (Å²) >= 11 is 3.35. The van der Waals surface area contributed by atoms with Crippen LogP contribution in [-0.2, 0) is 6.42 Å². The fourth-order valence-electron chi connectivity index (χ4n) is 2.86. The monoisotopic (exact) mass is 430 g/mol. The Morgan fingerprint density at radius 1 is 1.11 bits per heavy atom. The van der Waals surface area contributed by atoms with Crippen molar-refractivity contribution in [3.63, 3.8) is 0 Å². The molecule has 0 atom stereocenters. The first-order chi connectivity index (χ1) is 13.0. The van der Waals surface area contributed by atoms with Gasteiger partial charge >= 0.3 is 0 Å². The molecule has 1 aromatic heterocycles. The van der Waals surface area contributed by atoms with E-state index < -0.39 is 0 Å². The summed E-state index contributed by atoms with van der Waals surface area (Å²) in [5.74, 6) is 1.02. The predicted octanol–water partition coefficient (Wildman–Crippen LogP) is 3.28. The van der Waals surface area contributed by atoms with Crippen LogP contribution in [0.2, 0.25) is 0 Å². The lowest BCUT2D eigenvalue weighted by Crippen LogP contribution is -2.27. The second kappa shape index (κ2) is 8.26. The van der Waals surface area contributed by atoms with Gasteiger partial charge in [0.2, 0.25) is 0 Å². The summed E-state index contributed by atoms with van der Waals surface area (Å²) in [6, 6.07) is 12.4. The molecule has 0 saturated carbocycles. The van der Waals surface area contributed by atoms with Gasteiger partial charge in [0.05, 0.1) is 19.7 Å². The Balaban J connectivity index is 1.80. The number of halogens is 1. The molecular formula is C20H19BrN2O4. The Kier molecular flexibility index (Phi) is 5.81. The van der Waals surface area contributed by atoms with Crippen LogP contribution in [0.1, 0.15) is 15.9 Å². The summed E-state index contributed by atoms with van der Waals surface area (Å²) in [7, 11) is 3.12. The number of aromatic nitrogens is 1. The summed E-state index contributed by atoms with van der Waals surface area (Å²) in [5.41, 5.74) is 1.49. The molecule has 0 bridgehead atoms. The van der Waals surface area contributed by atoms with Crippen LogP contribution in [0.15, 0.2) is 51.7 Å². The highest BCUT2D eigenvalue weighted by Gasteiger charge is 2.12. The van der Waals surface area contributed by atoms with E-state index in [0.29, 0.717) is 41.1 Å². The molecule has 0 aliphatic heterocycles. The number of fused-ring (bicyclic) bond motifs is 1. The van der Waals surface area contributed by atoms with E-state index in [1.54, 1.807) is 50.6 Å². The van der Waals surface area contributed by atoms with Crippen molar-refractivity contribution in [2.45, 2.75) is 6.42 Å². The van der Waals surface area contributed by atoms with Crippen LogP contribution in [0.25, 0.3) is 10.9 Å². The lowest BCUT2D eigenvalue weighted by molar-refractivity contribution is 0.0954. The van der Waals surface area contributed by atoms with E-state index >= 15 is 0 Å². The molecule has 1 amide bonds. The molecule has 0 radical (unpaired) electrons. The number of carbonyl (C=O) groups excluding carboxylic acids is 1. The fraction of sp³-hybridized carbons (Fsp3) is 0.200. The third-order valence-electron chi connectivity index (χ3n) is 4.22. The maximum atomic E-state index is 12.4. The van der Waals surface area contributed by atoms with Gasteiger partial charge < -0.3 is 19.8 Å². The number of methoxy groups -OCH3 is 2. The maximum Gasteiger partial charge on any atom is 0.251 e. The fourth-order valence-corrected chi connectivity index (χ4v) is 3.26. The topological polar surface area (TPSA) is 80.4 Å².